The third-order valence-corrected chi connectivity index (χ3v) is 4.59. The van der Waals surface area contributed by atoms with E-state index in [1.807, 2.05) is 0 Å². The molecule has 2 heteroatoms. The van der Waals surface area contributed by atoms with Crippen LogP contribution in [0.4, 0.5) is 0 Å². The molecule has 0 N–H and O–H groups in total. The Labute approximate surface area is 86.4 Å². The molecule has 0 saturated carbocycles. The smallest absolute Gasteiger partial charge is 0.0235 e. The fourth-order valence-electron chi connectivity index (χ4n) is 0.870. The van der Waals surface area contributed by atoms with Crippen LogP contribution in [-0.4, -0.2) is 9.25 Å². The van der Waals surface area contributed by atoms with E-state index in [0.29, 0.717) is 0 Å². The molecule has 0 saturated heterocycles. The van der Waals surface area contributed by atoms with Crippen LogP contribution in [0.3, 0.4) is 0 Å². The molecule has 0 fully saturated rings. The molecule has 0 nitrogen and oxygen atoms in total. The number of alkyl halides is 2. The van der Waals surface area contributed by atoms with Crippen molar-refractivity contribution in [2.45, 2.75) is 43.9 Å². The van der Waals surface area contributed by atoms with Gasteiger partial charge in [-0.3, -0.25) is 0 Å². The van der Waals surface area contributed by atoms with Crippen molar-refractivity contribution in [1.29, 1.82) is 0 Å². The van der Waals surface area contributed by atoms with E-state index in [9.17, 15) is 0 Å². The highest BCUT2D eigenvalue weighted by molar-refractivity contribution is 14.1. The van der Waals surface area contributed by atoms with Crippen LogP contribution in [0.1, 0.15) is 39.0 Å². The summed E-state index contributed by atoms with van der Waals surface area (Å²) in [6.07, 6.45) is 6.91. The van der Waals surface area contributed by atoms with Gasteiger partial charge >= 0.3 is 0 Å². The molecule has 0 aromatic rings. The number of halogens is 2. The zero-order valence-corrected chi connectivity index (χ0v) is 10.3. The first-order valence-corrected chi connectivity index (χ1v) is 6.45. The third-order valence-electron chi connectivity index (χ3n) is 1.54. The predicted molar refractivity (Wildman–Crippen MR) is 60.4 cm³/mol. The highest BCUT2D eigenvalue weighted by Gasteiger charge is 1.99. The molecular weight excluding hydrogens is 303 g/mol. The summed E-state index contributed by atoms with van der Waals surface area (Å²) in [4.78, 5) is 0.755. The Morgan fingerprint density at radius 3 is 2.50 bits per heavy atom. The van der Waals surface area contributed by atoms with E-state index in [1.54, 1.807) is 0 Å². The van der Waals surface area contributed by atoms with Crippen molar-refractivity contribution < 1.29 is 0 Å². The van der Waals surface area contributed by atoms with Crippen LogP contribution < -0.4 is 0 Å². The van der Waals surface area contributed by atoms with E-state index in [2.05, 4.69) is 45.4 Å². The summed E-state index contributed by atoms with van der Waals surface area (Å²) in [7, 11) is 0. The van der Waals surface area contributed by atoms with Gasteiger partial charge in [-0.2, -0.15) is 0 Å². The standard InChI is InChI=1S/C8H16BrI/c1-2-3-4-5-6-8(9)7-10/h8H,2-7H2,1H3. The summed E-state index contributed by atoms with van der Waals surface area (Å²) in [6.45, 7) is 2.25. The largest absolute Gasteiger partial charge is 0.0882 e. The Bertz CT molecular complexity index is 66.3. The topological polar surface area (TPSA) is 0 Å². The average molecular weight is 319 g/mol. The zero-order chi connectivity index (χ0) is 7.82. The minimum Gasteiger partial charge on any atom is -0.0882 e. The molecule has 1 atom stereocenters. The first kappa shape index (κ1) is 11.2. The van der Waals surface area contributed by atoms with E-state index in [4.69, 9.17) is 0 Å². The summed E-state index contributed by atoms with van der Waals surface area (Å²) >= 11 is 6.05. The lowest BCUT2D eigenvalue weighted by molar-refractivity contribution is 0.637. The quantitative estimate of drug-likeness (QED) is 0.392. The lowest BCUT2D eigenvalue weighted by Crippen LogP contribution is -1.97. The van der Waals surface area contributed by atoms with Gasteiger partial charge in [0.25, 0.3) is 0 Å². The normalized spacial score (nSPS) is 13.5. The summed E-state index contributed by atoms with van der Waals surface area (Å²) in [6, 6.07) is 0. The Balaban J connectivity index is 2.89. The number of unbranched alkanes of at least 4 members (excludes halogenated alkanes) is 3. The number of hydrogen-bond donors (Lipinski definition) is 0. The van der Waals surface area contributed by atoms with E-state index in [-0.39, 0.29) is 0 Å². The average Bonchev–Trinajstić information content (AvgIpc) is 1.98. The molecule has 0 aromatic heterocycles. The van der Waals surface area contributed by atoms with Crippen LogP contribution in [0, 0.1) is 0 Å². The lowest BCUT2D eigenvalue weighted by Gasteiger charge is -2.03. The van der Waals surface area contributed by atoms with Crippen molar-refractivity contribution >= 4 is 38.5 Å². The SMILES string of the molecule is CCCCCCC(Br)CI. The molecular formula is C8H16BrI. The van der Waals surface area contributed by atoms with Crippen molar-refractivity contribution in [2.24, 2.45) is 0 Å². The maximum absolute atomic E-state index is 3.62. The highest BCUT2D eigenvalue weighted by atomic mass is 127. The second-order valence-electron chi connectivity index (χ2n) is 2.60. The van der Waals surface area contributed by atoms with Crippen LogP contribution >= 0.6 is 38.5 Å². The van der Waals surface area contributed by atoms with Gasteiger partial charge in [-0.05, 0) is 6.42 Å². The molecule has 0 bridgehead atoms. The van der Waals surface area contributed by atoms with Crippen LogP contribution in [0.15, 0.2) is 0 Å². The first-order valence-electron chi connectivity index (χ1n) is 4.01. The summed E-state index contributed by atoms with van der Waals surface area (Å²) in [5.74, 6) is 0. The lowest BCUT2D eigenvalue weighted by atomic mass is 10.1. The maximum atomic E-state index is 3.62. The van der Waals surface area contributed by atoms with Crippen LogP contribution in [0.5, 0.6) is 0 Å². The maximum Gasteiger partial charge on any atom is 0.0235 e. The molecule has 0 aliphatic carbocycles. The van der Waals surface area contributed by atoms with Gasteiger partial charge in [0.2, 0.25) is 0 Å². The summed E-state index contributed by atoms with van der Waals surface area (Å²) < 4.78 is 1.24. The van der Waals surface area contributed by atoms with Crippen molar-refractivity contribution in [3.63, 3.8) is 0 Å². The minimum atomic E-state index is 0.755. The second kappa shape index (κ2) is 8.31. The Morgan fingerprint density at radius 2 is 2.00 bits per heavy atom. The van der Waals surface area contributed by atoms with E-state index in [1.165, 1.54) is 36.5 Å². The van der Waals surface area contributed by atoms with Crippen molar-refractivity contribution in [3.8, 4) is 0 Å². The molecule has 10 heavy (non-hydrogen) atoms. The van der Waals surface area contributed by atoms with Gasteiger partial charge in [0, 0.05) is 9.25 Å². The van der Waals surface area contributed by atoms with Crippen LogP contribution in [0.2, 0.25) is 0 Å². The van der Waals surface area contributed by atoms with Gasteiger partial charge in [0.05, 0.1) is 0 Å². The Kier molecular flexibility index (Phi) is 9.31. The van der Waals surface area contributed by atoms with Crippen molar-refractivity contribution in [1.82, 2.24) is 0 Å². The van der Waals surface area contributed by atoms with Gasteiger partial charge < -0.3 is 0 Å². The van der Waals surface area contributed by atoms with Crippen molar-refractivity contribution in [3.05, 3.63) is 0 Å². The molecule has 0 spiro atoms. The second-order valence-corrected chi connectivity index (χ2v) is 4.78. The number of hydrogen-bond acceptors (Lipinski definition) is 0. The first-order chi connectivity index (χ1) is 4.81. The molecule has 62 valence electrons. The monoisotopic (exact) mass is 318 g/mol. The molecule has 0 heterocycles. The van der Waals surface area contributed by atoms with Gasteiger partial charge in [-0.25, -0.2) is 0 Å². The van der Waals surface area contributed by atoms with Gasteiger partial charge in [-0.1, -0.05) is 71.1 Å². The predicted octanol–water partition coefficient (Wildman–Crippen LogP) is 4.16. The molecule has 0 aromatic carbocycles. The van der Waals surface area contributed by atoms with Gasteiger partial charge in [-0.15, -0.1) is 0 Å². The molecule has 0 aliphatic rings. The summed E-state index contributed by atoms with van der Waals surface area (Å²) in [5, 5.41) is 0. The van der Waals surface area contributed by atoms with E-state index >= 15 is 0 Å². The Morgan fingerprint density at radius 1 is 1.30 bits per heavy atom. The third kappa shape index (κ3) is 7.32. The Hall–Kier alpha value is 1.21. The summed E-state index contributed by atoms with van der Waals surface area (Å²) in [5.41, 5.74) is 0. The molecule has 0 aliphatic heterocycles. The highest BCUT2D eigenvalue weighted by Crippen LogP contribution is 2.13. The minimum absolute atomic E-state index is 0.755. The fourth-order valence-corrected chi connectivity index (χ4v) is 1.63. The fraction of sp³-hybridized carbons (Fsp3) is 1.00. The van der Waals surface area contributed by atoms with Crippen LogP contribution in [-0.2, 0) is 0 Å². The number of rotatable bonds is 6. The van der Waals surface area contributed by atoms with Crippen molar-refractivity contribution in [2.75, 3.05) is 4.43 Å². The zero-order valence-electron chi connectivity index (χ0n) is 6.58. The van der Waals surface area contributed by atoms with E-state index in [0.717, 1.165) is 4.83 Å². The van der Waals surface area contributed by atoms with Crippen LogP contribution in [0.25, 0.3) is 0 Å². The van der Waals surface area contributed by atoms with Gasteiger partial charge in [0.15, 0.2) is 0 Å². The molecule has 1 unspecified atom stereocenters. The molecule has 0 radical (unpaired) electrons. The van der Waals surface area contributed by atoms with E-state index < -0.39 is 0 Å². The molecule has 0 amide bonds. The van der Waals surface area contributed by atoms with Gasteiger partial charge in [0.1, 0.15) is 0 Å². The molecule has 0 rings (SSSR count).